The predicted molar refractivity (Wildman–Crippen MR) is 67.0 cm³/mol. The average Bonchev–Trinajstić information content (AvgIpc) is 2.33. The Labute approximate surface area is 108 Å². The van der Waals surface area contributed by atoms with Crippen LogP contribution in [0.5, 0.6) is 0 Å². The lowest BCUT2D eigenvalue weighted by molar-refractivity contribution is 0.174. The summed E-state index contributed by atoms with van der Waals surface area (Å²) in [6.45, 7) is 2.97. The molecule has 3 nitrogen and oxygen atoms in total. The van der Waals surface area contributed by atoms with E-state index in [1.165, 1.54) is 7.11 Å². The molecule has 1 N–H and O–H groups in total. The molecule has 0 fully saturated rings. The molecule has 0 bridgehead atoms. The summed E-state index contributed by atoms with van der Waals surface area (Å²) in [5.74, 6) is -1.06. The maximum atomic E-state index is 13.4. The highest BCUT2D eigenvalue weighted by atomic mass is 32.2. The van der Waals surface area contributed by atoms with Crippen LogP contribution >= 0.6 is 0 Å². The van der Waals surface area contributed by atoms with Gasteiger partial charge in [-0.25, -0.2) is 8.78 Å². The van der Waals surface area contributed by atoms with E-state index in [-0.39, 0.29) is 16.7 Å². The van der Waals surface area contributed by atoms with Crippen molar-refractivity contribution in [2.75, 3.05) is 26.0 Å². The van der Waals surface area contributed by atoms with Gasteiger partial charge < -0.3 is 10.1 Å². The number of hydrogen-bond donors (Lipinski definition) is 1. The minimum Gasteiger partial charge on any atom is -0.383 e. The van der Waals surface area contributed by atoms with Gasteiger partial charge in [-0.15, -0.1) is 0 Å². The first-order valence-corrected chi connectivity index (χ1v) is 6.96. The molecular formula is C12H17F2NO2S. The molecule has 0 aliphatic rings. The van der Waals surface area contributed by atoms with Crippen molar-refractivity contribution in [2.24, 2.45) is 0 Å². The summed E-state index contributed by atoms with van der Waals surface area (Å²) >= 11 is 0. The Hall–Kier alpha value is -0.850. The van der Waals surface area contributed by atoms with Crippen LogP contribution in [-0.4, -0.2) is 36.3 Å². The Balaban J connectivity index is 2.76. The Morgan fingerprint density at radius 2 is 2.17 bits per heavy atom. The molecule has 6 heteroatoms. The summed E-state index contributed by atoms with van der Waals surface area (Å²) in [6, 6.07) is 2.82. The predicted octanol–water partition coefficient (Wildman–Crippen LogP) is 1.70. The first-order valence-electron chi connectivity index (χ1n) is 5.64. The molecule has 0 saturated heterocycles. The van der Waals surface area contributed by atoms with Crippen molar-refractivity contribution in [3.05, 3.63) is 29.8 Å². The third kappa shape index (κ3) is 4.44. The van der Waals surface area contributed by atoms with Crippen LogP contribution in [0.1, 0.15) is 6.92 Å². The standard InChI is InChI=1S/C12H17F2NO2S/c1-3-15-10(7-17-2)8-18(16)12-6-9(13)4-5-11(12)14/h4-6,10,15H,3,7-8H2,1-2H3. The molecule has 0 heterocycles. The van der Waals surface area contributed by atoms with Gasteiger partial charge in [-0.2, -0.15) is 0 Å². The molecular weight excluding hydrogens is 260 g/mol. The van der Waals surface area contributed by atoms with Gasteiger partial charge in [-0.05, 0) is 24.7 Å². The van der Waals surface area contributed by atoms with E-state index in [0.717, 1.165) is 18.2 Å². The van der Waals surface area contributed by atoms with Crippen molar-refractivity contribution in [3.63, 3.8) is 0 Å². The van der Waals surface area contributed by atoms with Crippen LogP contribution in [0.15, 0.2) is 23.1 Å². The van der Waals surface area contributed by atoms with Gasteiger partial charge in [0, 0.05) is 18.9 Å². The molecule has 1 aromatic rings. The number of benzene rings is 1. The second kappa shape index (κ2) is 7.56. The van der Waals surface area contributed by atoms with Gasteiger partial charge in [-0.1, -0.05) is 6.92 Å². The molecule has 102 valence electrons. The maximum Gasteiger partial charge on any atom is 0.139 e. The van der Waals surface area contributed by atoms with E-state index in [0.29, 0.717) is 13.2 Å². The number of methoxy groups -OCH3 is 1. The van der Waals surface area contributed by atoms with Gasteiger partial charge in [0.15, 0.2) is 0 Å². The zero-order chi connectivity index (χ0) is 13.5. The molecule has 2 unspecified atom stereocenters. The Morgan fingerprint density at radius 3 is 2.78 bits per heavy atom. The summed E-state index contributed by atoms with van der Waals surface area (Å²) < 4.78 is 43.4. The number of likely N-dealkylation sites (N-methyl/N-ethyl adjacent to an activating group) is 1. The number of rotatable bonds is 7. The zero-order valence-corrected chi connectivity index (χ0v) is 11.2. The van der Waals surface area contributed by atoms with Crippen molar-refractivity contribution in [1.29, 1.82) is 0 Å². The van der Waals surface area contributed by atoms with E-state index >= 15 is 0 Å². The second-order valence-electron chi connectivity index (χ2n) is 3.80. The first kappa shape index (κ1) is 15.2. The number of ether oxygens (including phenoxy) is 1. The first-order chi connectivity index (χ1) is 8.58. The fourth-order valence-electron chi connectivity index (χ4n) is 1.58. The van der Waals surface area contributed by atoms with Crippen molar-refractivity contribution in [1.82, 2.24) is 5.32 Å². The molecule has 0 aliphatic carbocycles. The number of hydrogen-bond acceptors (Lipinski definition) is 3. The molecule has 2 atom stereocenters. The number of nitrogens with one attached hydrogen (secondary N) is 1. The lowest BCUT2D eigenvalue weighted by atomic mass is 10.3. The molecule has 1 rings (SSSR count). The normalized spacial score (nSPS) is 14.4. The molecule has 0 saturated carbocycles. The van der Waals surface area contributed by atoms with Gasteiger partial charge in [0.25, 0.3) is 0 Å². The van der Waals surface area contributed by atoms with Crippen LogP contribution in [0.4, 0.5) is 8.78 Å². The van der Waals surface area contributed by atoms with Crippen LogP contribution in [0.25, 0.3) is 0 Å². The lowest BCUT2D eigenvalue weighted by Gasteiger charge is -2.16. The maximum absolute atomic E-state index is 13.4. The van der Waals surface area contributed by atoms with E-state index in [1.807, 2.05) is 6.92 Å². The molecule has 0 aromatic heterocycles. The van der Waals surface area contributed by atoms with E-state index in [4.69, 9.17) is 4.74 Å². The molecule has 0 spiro atoms. The third-order valence-corrected chi connectivity index (χ3v) is 3.86. The molecule has 0 amide bonds. The lowest BCUT2D eigenvalue weighted by Crippen LogP contribution is -2.37. The molecule has 1 aromatic carbocycles. The van der Waals surface area contributed by atoms with Crippen LogP contribution in [0, 0.1) is 11.6 Å². The summed E-state index contributed by atoms with van der Waals surface area (Å²) in [5.41, 5.74) is 0. The van der Waals surface area contributed by atoms with Crippen molar-refractivity contribution >= 4 is 10.8 Å². The monoisotopic (exact) mass is 277 g/mol. The summed E-state index contributed by atoms with van der Waals surface area (Å²) in [4.78, 5) is -0.103. The Kier molecular flexibility index (Phi) is 6.38. The summed E-state index contributed by atoms with van der Waals surface area (Å²) in [5, 5.41) is 3.08. The van der Waals surface area contributed by atoms with Crippen molar-refractivity contribution in [3.8, 4) is 0 Å². The molecule has 0 aliphatic heterocycles. The topological polar surface area (TPSA) is 38.3 Å². The highest BCUT2D eigenvalue weighted by molar-refractivity contribution is 7.85. The molecule has 0 radical (unpaired) electrons. The Bertz CT molecular complexity index is 409. The van der Waals surface area contributed by atoms with Crippen LogP contribution in [0.2, 0.25) is 0 Å². The summed E-state index contributed by atoms with van der Waals surface area (Å²) in [7, 11) is -0.0581. The fraction of sp³-hybridized carbons (Fsp3) is 0.500. The van der Waals surface area contributed by atoms with Gasteiger partial charge in [0.05, 0.1) is 22.3 Å². The van der Waals surface area contributed by atoms with Crippen LogP contribution in [-0.2, 0) is 15.5 Å². The van der Waals surface area contributed by atoms with E-state index < -0.39 is 22.4 Å². The molecule has 18 heavy (non-hydrogen) atoms. The second-order valence-corrected chi connectivity index (χ2v) is 5.26. The minimum absolute atomic E-state index is 0.103. The van der Waals surface area contributed by atoms with E-state index in [1.54, 1.807) is 0 Å². The minimum atomic E-state index is -1.60. The average molecular weight is 277 g/mol. The van der Waals surface area contributed by atoms with Crippen molar-refractivity contribution in [2.45, 2.75) is 17.9 Å². The SMILES string of the molecule is CCNC(COC)CS(=O)c1cc(F)ccc1F. The Morgan fingerprint density at radius 1 is 1.44 bits per heavy atom. The quantitative estimate of drug-likeness (QED) is 0.824. The zero-order valence-electron chi connectivity index (χ0n) is 10.4. The summed E-state index contributed by atoms with van der Waals surface area (Å²) in [6.07, 6.45) is 0. The van der Waals surface area contributed by atoms with Gasteiger partial charge in [0.1, 0.15) is 11.6 Å². The fourth-order valence-corrected chi connectivity index (χ4v) is 2.87. The van der Waals surface area contributed by atoms with E-state index in [9.17, 15) is 13.0 Å². The van der Waals surface area contributed by atoms with Gasteiger partial charge in [-0.3, -0.25) is 4.21 Å². The van der Waals surface area contributed by atoms with Gasteiger partial charge in [0.2, 0.25) is 0 Å². The van der Waals surface area contributed by atoms with E-state index in [2.05, 4.69) is 5.32 Å². The van der Waals surface area contributed by atoms with Crippen molar-refractivity contribution < 1.29 is 17.7 Å². The smallest absolute Gasteiger partial charge is 0.139 e. The highest BCUT2D eigenvalue weighted by Crippen LogP contribution is 2.15. The van der Waals surface area contributed by atoms with Crippen LogP contribution in [0.3, 0.4) is 0 Å². The van der Waals surface area contributed by atoms with Gasteiger partial charge >= 0.3 is 0 Å². The largest absolute Gasteiger partial charge is 0.383 e. The van der Waals surface area contributed by atoms with Crippen LogP contribution < -0.4 is 5.32 Å². The highest BCUT2D eigenvalue weighted by Gasteiger charge is 2.16. The third-order valence-electron chi connectivity index (χ3n) is 2.35. The number of halogens is 2.